The molecule has 2 aromatic carbocycles. The van der Waals surface area contributed by atoms with E-state index in [-0.39, 0.29) is 32.7 Å². The van der Waals surface area contributed by atoms with Crippen LogP contribution in [0.1, 0.15) is 5.56 Å². The Balaban J connectivity index is 1.89. The lowest BCUT2D eigenvalue weighted by Gasteiger charge is -2.32. The molecule has 4 aromatic rings. The van der Waals surface area contributed by atoms with Gasteiger partial charge in [0.25, 0.3) is 5.69 Å². The minimum atomic E-state index is -0.504. The van der Waals surface area contributed by atoms with Crippen LogP contribution >= 0.6 is 35.4 Å². The normalized spacial score (nSPS) is 10.3. The van der Waals surface area contributed by atoms with Crippen molar-refractivity contribution in [3.05, 3.63) is 99.3 Å². The Labute approximate surface area is 214 Å². The Morgan fingerprint density at radius 1 is 0.857 bits per heavy atom. The molecule has 0 atom stereocenters. The number of hydrogen-bond acceptors (Lipinski definition) is 8. The fourth-order valence-electron chi connectivity index (χ4n) is 3.07. The smallest absolute Gasteiger partial charge is 0.269 e. The minimum absolute atomic E-state index is 0.0959. The average Bonchev–Trinajstić information content (AvgIpc) is 2.85. The molecule has 0 aliphatic carbocycles. The molecule has 10 nitrogen and oxygen atoms in total. The van der Waals surface area contributed by atoms with Crippen molar-refractivity contribution >= 4 is 69.2 Å². The molecule has 0 saturated carbocycles. The van der Waals surface area contributed by atoms with E-state index in [1.165, 1.54) is 54.0 Å². The van der Waals surface area contributed by atoms with Crippen molar-refractivity contribution in [2.24, 2.45) is 0 Å². The van der Waals surface area contributed by atoms with E-state index in [4.69, 9.17) is 35.4 Å². The zero-order chi connectivity index (χ0) is 24.9. The molecule has 0 fully saturated rings. The van der Waals surface area contributed by atoms with Gasteiger partial charge >= 0.3 is 0 Å². The number of rotatable bonds is 5. The number of halogens is 2. The SMILES string of the molecule is N#Cc1ccc(N(C(=S)N(c2ccc([N+](=O)[O-])cc2)c2cncc(Cl)n2)c2cncc(Cl)n2)cc1. The number of non-ortho nitro benzene ring substituents is 1. The summed E-state index contributed by atoms with van der Waals surface area (Å²) in [4.78, 5) is 30.6. The number of nitro groups is 1. The molecule has 0 aliphatic rings. The molecular formula is C22H12Cl2N8O2S. The molecule has 2 aromatic heterocycles. The Morgan fingerprint density at radius 3 is 1.71 bits per heavy atom. The molecular weight excluding hydrogens is 511 g/mol. The maximum absolute atomic E-state index is 11.2. The first-order chi connectivity index (χ1) is 16.9. The molecule has 0 aliphatic heterocycles. The van der Waals surface area contributed by atoms with Gasteiger partial charge in [0.2, 0.25) is 0 Å². The average molecular weight is 523 g/mol. The first-order valence-electron chi connectivity index (χ1n) is 9.71. The summed E-state index contributed by atoms with van der Waals surface area (Å²) >= 11 is 18.1. The summed E-state index contributed by atoms with van der Waals surface area (Å²) in [5.74, 6) is 0.541. The quantitative estimate of drug-likeness (QED) is 0.185. The summed E-state index contributed by atoms with van der Waals surface area (Å²) in [6.45, 7) is 0. The van der Waals surface area contributed by atoms with Gasteiger partial charge in [0.15, 0.2) is 16.7 Å². The minimum Gasteiger partial charge on any atom is -0.269 e. The van der Waals surface area contributed by atoms with E-state index >= 15 is 0 Å². The van der Waals surface area contributed by atoms with Crippen LogP contribution in [0.5, 0.6) is 0 Å². The van der Waals surface area contributed by atoms with E-state index in [1.54, 1.807) is 29.2 Å². The topological polar surface area (TPSA) is 125 Å². The van der Waals surface area contributed by atoms with Gasteiger partial charge in [-0.05, 0) is 48.6 Å². The van der Waals surface area contributed by atoms with Crippen molar-refractivity contribution in [2.75, 3.05) is 9.80 Å². The summed E-state index contributed by atoms with van der Waals surface area (Å²) in [5.41, 5.74) is 1.35. The van der Waals surface area contributed by atoms with Crippen molar-refractivity contribution in [3.8, 4) is 6.07 Å². The number of anilines is 4. The van der Waals surface area contributed by atoms with Gasteiger partial charge in [0.1, 0.15) is 10.3 Å². The molecule has 0 N–H and O–H groups in total. The highest BCUT2D eigenvalue weighted by Crippen LogP contribution is 2.33. The molecule has 35 heavy (non-hydrogen) atoms. The van der Waals surface area contributed by atoms with Crippen LogP contribution in [0.2, 0.25) is 10.3 Å². The Morgan fingerprint density at radius 2 is 1.31 bits per heavy atom. The third-order valence-electron chi connectivity index (χ3n) is 4.60. The van der Waals surface area contributed by atoms with Gasteiger partial charge < -0.3 is 0 Å². The molecule has 0 amide bonds. The Bertz CT molecular complexity index is 1450. The lowest BCUT2D eigenvalue weighted by Crippen LogP contribution is -2.39. The highest BCUT2D eigenvalue weighted by Gasteiger charge is 2.26. The van der Waals surface area contributed by atoms with E-state index in [0.717, 1.165) is 0 Å². The van der Waals surface area contributed by atoms with Crippen molar-refractivity contribution in [2.45, 2.75) is 0 Å². The first kappa shape index (κ1) is 23.9. The van der Waals surface area contributed by atoms with Crippen LogP contribution in [0, 0.1) is 21.4 Å². The number of nitriles is 1. The molecule has 2 heterocycles. The van der Waals surface area contributed by atoms with Crippen molar-refractivity contribution in [3.63, 3.8) is 0 Å². The molecule has 0 unspecified atom stereocenters. The van der Waals surface area contributed by atoms with Crippen LogP contribution in [-0.2, 0) is 0 Å². The fourth-order valence-corrected chi connectivity index (χ4v) is 3.75. The summed E-state index contributed by atoms with van der Waals surface area (Å²) in [6.07, 6.45) is 5.65. The molecule has 0 saturated heterocycles. The summed E-state index contributed by atoms with van der Waals surface area (Å²) in [5, 5.41) is 20.7. The van der Waals surface area contributed by atoms with Crippen LogP contribution in [0.4, 0.5) is 28.7 Å². The van der Waals surface area contributed by atoms with Crippen LogP contribution in [0.15, 0.2) is 73.3 Å². The highest BCUT2D eigenvalue weighted by molar-refractivity contribution is 7.80. The van der Waals surface area contributed by atoms with Crippen LogP contribution in [0.3, 0.4) is 0 Å². The fraction of sp³-hybridized carbons (Fsp3) is 0. The van der Waals surface area contributed by atoms with Crippen molar-refractivity contribution in [1.29, 1.82) is 5.26 Å². The third kappa shape index (κ3) is 5.30. The first-order valence-corrected chi connectivity index (χ1v) is 10.9. The van der Waals surface area contributed by atoms with Crippen molar-refractivity contribution in [1.82, 2.24) is 19.9 Å². The van der Waals surface area contributed by atoms with Gasteiger partial charge in [0, 0.05) is 17.8 Å². The second-order valence-corrected chi connectivity index (χ2v) is 7.93. The number of hydrogen-bond donors (Lipinski definition) is 0. The van der Waals surface area contributed by atoms with Gasteiger partial charge in [-0.3, -0.25) is 29.9 Å². The zero-order valence-corrected chi connectivity index (χ0v) is 19.8. The number of nitrogens with zero attached hydrogens (tertiary/aromatic N) is 8. The monoisotopic (exact) mass is 522 g/mol. The Kier molecular flexibility index (Phi) is 7.07. The second kappa shape index (κ2) is 10.4. The van der Waals surface area contributed by atoms with Crippen LogP contribution < -0.4 is 9.80 Å². The summed E-state index contributed by atoms with van der Waals surface area (Å²) in [7, 11) is 0. The third-order valence-corrected chi connectivity index (χ3v) is 5.33. The summed E-state index contributed by atoms with van der Waals surface area (Å²) < 4.78 is 0. The van der Waals surface area contributed by atoms with E-state index in [9.17, 15) is 15.4 Å². The largest absolute Gasteiger partial charge is 0.269 e. The van der Waals surface area contributed by atoms with Gasteiger partial charge in [-0.1, -0.05) is 23.2 Å². The number of thiocarbonyl (C=S) groups is 1. The number of aromatic nitrogens is 4. The maximum Gasteiger partial charge on any atom is 0.269 e. The Hall–Kier alpha value is -4.24. The lowest BCUT2D eigenvalue weighted by atomic mass is 10.2. The lowest BCUT2D eigenvalue weighted by molar-refractivity contribution is -0.384. The van der Waals surface area contributed by atoms with Gasteiger partial charge in [-0.2, -0.15) is 5.26 Å². The second-order valence-electron chi connectivity index (χ2n) is 6.79. The summed E-state index contributed by atoms with van der Waals surface area (Å²) in [6, 6.07) is 14.4. The maximum atomic E-state index is 11.2. The molecule has 4 rings (SSSR count). The van der Waals surface area contributed by atoms with Gasteiger partial charge in [-0.15, -0.1) is 0 Å². The van der Waals surface area contributed by atoms with E-state index in [2.05, 4.69) is 26.0 Å². The van der Waals surface area contributed by atoms with Crippen molar-refractivity contribution < 1.29 is 4.92 Å². The molecule has 172 valence electrons. The predicted octanol–water partition coefficient (Wildman–Crippen LogP) is 5.61. The molecule has 0 spiro atoms. The molecule has 13 heteroatoms. The predicted molar refractivity (Wildman–Crippen MR) is 135 cm³/mol. The number of benzene rings is 2. The highest BCUT2D eigenvalue weighted by atomic mass is 35.5. The zero-order valence-electron chi connectivity index (χ0n) is 17.5. The van der Waals surface area contributed by atoms with Crippen LogP contribution in [-0.4, -0.2) is 30.0 Å². The van der Waals surface area contributed by atoms with E-state index in [0.29, 0.717) is 16.9 Å². The van der Waals surface area contributed by atoms with Gasteiger partial charge in [-0.25, -0.2) is 9.97 Å². The van der Waals surface area contributed by atoms with Gasteiger partial charge in [0.05, 0.1) is 47.0 Å². The van der Waals surface area contributed by atoms with E-state index in [1.807, 2.05) is 0 Å². The standard InChI is InChI=1S/C22H12Cl2N8O2S/c23-18-10-26-12-20(28-18)30(15-3-1-14(9-25)2-4-15)22(35)31(21-13-27-11-19(24)29-21)16-5-7-17(8-6-16)32(33)34/h1-8,10-13H. The van der Waals surface area contributed by atoms with E-state index < -0.39 is 4.92 Å². The number of nitro benzene ring substituents is 1. The van der Waals surface area contributed by atoms with Crippen LogP contribution in [0.25, 0.3) is 0 Å². The molecule has 0 radical (unpaired) electrons. The molecule has 0 bridgehead atoms.